The minimum Gasteiger partial charge on any atom is -0.484 e. The molecule has 10 heteroatoms. The van der Waals surface area contributed by atoms with Crippen LogP contribution in [0.2, 0.25) is 5.02 Å². The van der Waals surface area contributed by atoms with Gasteiger partial charge in [0.15, 0.2) is 11.6 Å². The van der Waals surface area contributed by atoms with E-state index in [4.69, 9.17) is 16.3 Å². The van der Waals surface area contributed by atoms with E-state index < -0.39 is 10.0 Å². The standard InChI is InChI=1S/C18H23ClN4O4S/c1-14-20-17(12-21(14)2)28(25,26)23-9-3-8-22(10-11-23)18(24)13-27-16-6-4-15(19)5-7-16/h4-7,12H,3,8-11,13H2,1-2H3. The van der Waals surface area contributed by atoms with Crippen LogP contribution in [0.25, 0.3) is 0 Å². The molecule has 1 aliphatic rings. The van der Waals surface area contributed by atoms with Gasteiger partial charge < -0.3 is 14.2 Å². The molecule has 1 aromatic heterocycles. The zero-order valence-corrected chi connectivity index (χ0v) is 17.4. The fraction of sp³-hybridized carbons (Fsp3) is 0.444. The molecular formula is C18H23ClN4O4S. The number of aryl methyl sites for hydroxylation is 2. The smallest absolute Gasteiger partial charge is 0.262 e. The van der Waals surface area contributed by atoms with Crippen molar-refractivity contribution >= 4 is 27.5 Å². The molecule has 1 amide bonds. The first-order valence-corrected chi connectivity index (χ1v) is 10.8. The minimum atomic E-state index is -3.68. The second-order valence-corrected chi connectivity index (χ2v) is 8.94. The second kappa shape index (κ2) is 8.50. The van der Waals surface area contributed by atoms with E-state index in [1.807, 2.05) is 0 Å². The third-order valence-corrected chi connectivity index (χ3v) is 6.70. The zero-order valence-electron chi connectivity index (χ0n) is 15.8. The van der Waals surface area contributed by atoms with Gasteiger partial charge in [0.2, 0.25) is 0 Å². The molecule has 0 radical (unpaired) electrons. The van der Waals surface area contributed by atoms with E-state index >= 15 is 0 Å². The highest BCUT2D eigenvalue weighted by atomic mass is 35.5. The van der Waals surface area contributed by atoms with Crippen LogP contribution in [0.4, 0.5) is 0 Å². The fourth-order valence-electron chi connectivity index (χ4n) is 2.93. The predicted octanol–water partition coefficient (Wildman–Crippen LogP) is 1.68. The highest BCUT2D eigenvalue weighted by Crippen LogP contribution is 2.18. The van der Waals surface area contributed by atoms with Crippen LogP contribution in [-0.2, 0) is 21.9 Å². The fourth-order valence-corrected chi connectivity index (χ4v) is 4.55. The molecule has 2 heterocycles. The van der Waals surface area contributed by atoms with E-state index in [0.29, 0.717) is 42.7 Å². The number of nitrogens with zero attached hydrogens (tertiary/aromatic N) is 4. The Kier molecular flexibility index (Phi) is 6.26. The summed E-state index contributed by atoms with van der Waals surface area (Å²) in [5.41, 5.74) is 0. The number of amides is 1. The summed E-state index contributed by atoms with van der Waals surface area (Å²) < 4.78 is 34.2. The molecule has 1 aromatic carbocycles. The van der Waals surface area contributed by atoms with Gasteiger partial charge in [-0.2, -0.15) is 4.31 Å². The van der Waals surface area contributed by atoms with E-state index in [1.165, 1.54) is 10.5 Å². The van der Waals surface area contributed by atoms with Crippen LogP contribution < -0.4 is 4.74 Å². The molecule has 2 aromatic rings. The topological polar surface area (TPSA) is 84.7 Å². The van der Waals surface area contributed by atoms with Crippen LogP contribution in [0.1, 0.15) is 12.2 Å². The number of rotatable bonds is 5. The molecule has 1 aliphatic heterocycles. The molecule has 0 saturated carbocycles. The molecule has 8 nitrogen and oxygen atoms in total. The summed E-state index contributed by atoms with van der Waals surface area (Å²) in [7, 11) is -1.92. The quantitative estimate of drug-likeness (QED) is 0.726. The SMILES string of the molecule is Cc1nc(S(=O)(=O)N2CCCN(C(=O)COc3ccc(Cl)cc3)CC2)cn1C. The van der Waals surface area contributed by atoms with Gasteiger partial charge >= 0.3 is 0 Å². The number of halogens is 1. The lowest BCUT2D eigenvalue weighted by molar-refractivity contribution is -0.133. The van der Waals surface area contributed by atoms with E-state index in [0.717, 1.165) is 0 Å². The predicted molar refractivity (Wildman–Crippen MR) is 105 cm³/mol. The maximum absolute atomic E-state index is 12.8. The number of benzene rings is 1. The number of carbonyl (C=O) groups is 1. The first-order chi connectivity index (χ1) is 13.3. The molecule has 0 bridgehead atoms. The molecule has 1 saturated heterocycles. The van der Waals surface area contributed by atoms with E-state index in [1.54, 1.807) is 47.7 Å². The highest BCUT2D eigenvalue weighted by molar-refractivity contribution is 7.89. The van der Waals surface area contributed by atoms with Gasteiger partial charge in [-0.15, -0.1) is 0 Å². The Morgan fingerprint density at radius 3 is 2.54 bits per heavy atom. The number of hydrogen-bond acceptors (Lipinski definition) is 5. The number of carbonyl (C=O) groups excluding carboxylic acids is 1. The van der Waals surface area contributed by atoms with Gasteiger partial charge in [0.25, 0.3) is 15.9 Å². The van der Waals surface area contributed by atoms with Crippen molar-refractivity contribution in [2.75, 3.05) is 32.8 Å². The Morgan fingerprint density at radius 2 is 1.89 bits per heavy atom. The average molecular weight is 427 g/mol. The summed E-state index contributed by atoms with van der Waals surface area (Å²) in [6, 6.07) is 6.77. The number of sulfonamides is 1. The number of ether oxygens (including phenoxy) is 1. The Labute approximate surface area is 169 Å². The Bertz CT molecular complexity index is 923. The monoisotopic (exact) mass is 426 g/mol. The van der Waals surface area contributed by atoms with Crippen LogP contribution in [0.3, 0.4) is 0 Å². The summed E-state index contributed by atoms with van der Waals surface area (Å²) in [5, 5.41) is 0.633. The van der Waals surface area contributed by atoms with Crippen molar-refractivity contribution in [3.05, 3.63) is 41.3 Å². The molecule has 0 aliphatic carbocycles. The van der Waals surface area contributed by atoms with Crippen molar-refractivity contribution < 1.29 is 17.9 Å². The minimum absolute atomic E-state index is 0.0401. The summed E-state index contributed by atoms with van der Waals surface area (Å²) >= 11 is 5.83. The first kappa shape index (κ1) is 20.6. The first-order valence-electron chi connectivity index (χ1n) is 8.93. The van der Waals surface area contributed by atoms with Crippen molar-refractivity contribution in [1.82, 2.24) is 18.8 Å². The van der Waals surface area contributed by atoms with Crippen molar-refractivity contribution in [3.8, 4) is 5.75 Å². The van der Waals surface area contributed by atoms with Gasteiger partial charge in [-0.05, 0) is 37.6 Å². The van der Waals surface area contributed by atoms with Crippen molar-refractivity contribution in [1.29, 1.82) is 0 Å². The van der Waals surface area contributed by atoms with Gasteiger partial charge in [0, 0.05) is 44.4 Å². The van der Waals surface area contributed by atoms with E-state index in [2.05, 4.69) is 4.98 Å². The Hall–Kier alpha value is -2.10. The van der Waals surface area contributed by atoms with Gasteiger partial charge in [-0.3, -0.25) is 4.79 Å². The molecule has 152 valence electrons. The lowest BCUT2D eigenvalue weighted by Gasteiger charge is -2.21. The van der Waals surface area contributed by atoms with Crippen LogP contribution in [0, 0.1) is 6.92 Å². The normalized spacial score (nSPS) is 16.0. The molecule has 0 atom stereocenters. The van der Waals surface area contributed by atoms with Gasteiger partial charge in [-0.25, -0.2) is 13.4 Å². The molecule has 0 spiro atoms. The zero-order chi connectivity index (χ0) is 20.3. The van der Waals surface area contributed by atoms with Crippen LogP contribution >= 0.6 is 11.6 Å². The summed E-state index contributed by atoms with van der Waals surface area (Å²) in [6.45, 7) is 3.02. The summed E-state index contributed by atoms with van der Waals surface area (Å²) in [6.07, 6.45) is 2.07. The van der Waals surface area contributed by atoms with E-state index in [9.17, 15) is 13.2 Å². The highest BCUT2D eigenvalue weighted by Gasteiger charge is 2.30. The number of imidazole rings is 1. The molecule has 1 fully saturated rings. The number of aromatic nitrogens is 2. The Balaban J connectivity index is 1.59. The largest absolute Gasteiger partial charge is 0.484 e. The van der Waals surface area contributed by atoms with Crippen LogP contribution in [0.15, 0.2) is 35.5 Å². The van der Waals surface area contributed by atoms with E-state index in [-0.39, 0.29) is 24.1 Å². The van der Waals surface area contributed by atoms with Crippen molar-refractivity contribution in [2.24, 2.45) is 7.05 Å². The molecule has 0 N–H and O–H groups in total. The summed E-state index contributed by atoms with van der Waals surface area (Å²) in [5.74, 6) is 1.01. The average Bonchev–Trinajstić information content (AvgIpc) is 2.87. The molecule has 28 heavy (non-hydrogen) atoms. The maximum Gasteiger partial charge on any atom is 0.262 e. The lowest BCUT2D eigenvalue weighted by atomic mass is 10.3. The Morgan fingerprint density at radius 1 is 1.18 bits per heavy atom. The van der Waals surface area contributed by atoms with Gasteiger partial charge in [0.05, 0.1) is 0 Å². The molecular weight excluding hydrogens is 404 g/mol. The van der Waals surface area contributed by atoms with Crippen molar-refractivity contribution in [2.45, 2.75) is 18.4 Å². The van der Waals surface area contributed by atoms with Gasteiger partial charge in [0.1, 0.15) is 11.6 Å². The molecule has 3 rings (SSSR count). The third kappa shape index (κ3) is 4.65. The maximum atomic E-state index is 12.8. The lowest BCUT2D eigenvalue weighted by Crippen LogP contribution is -2.39. The molecule has 0 unspecified atom stereocenters. The number of hydrogen-bond donors (Lipinski definition) is 0. The van der Waals surface area contributed by atoms with Crippen LogP contribution in [0.5, 0.6) is 5.75 Å². The van der Waals surface area contributed by atoms with Crippen LogP contribution in [-0.4, -0.2) is 65.9 Å². The van der Waals surface area contributed by atoms with Gasteiger partial charge in [-0.1, -0.05) is 11.6 Å². The van der Waals surface area contributed by atoms with Crippen molar-refractivity contribution in [3.63, 3.8) is 0 Å². The second-order valence-electron chi connectivity index (χ2n) is 6.62. The summed E-state index contributed by atoms with van der Waals surface area (Å²) in [4.78, 5) is 18.2. The third-order valence-electron chi connectivity index (χ3n) is 4.67.